The van der Waals surface area contributed by atoms with Crippen molar-refractivity contribution in [1.29, 1.82) is 0 Å². The van der Waals surface area contributed by atoms with Crippen LogP contribution >= 0.6 is 0 Å². The number of hydrogen-bond donors (Lipinski definition) is 4. The second-order valence-corrected chi connectivity index (χ2v) is 10.0. The summed E-state index contributed by atoms with van der Waals surface area (Å²) in [5, 5.41) is 20.9. The number of carboxylic acid groups (broad SMARTS) is 2. The first-order valence-electron chi connectivity index (χ1n) is 13.4. The minimum atomic E-state index is -5.08. The number of nitrogens with zero attached hydrogens (tertiary/aromatic N) is 2. The smallest absolute Gasteiger partial charge is 0.475 e. The molecule has 4 N–H and O–H groups in total. The zero-order valence-electron chi connectivity index (χ0n) is 23.3. The summed E-state index contributed by atoms with van der Waals surface area (Å²) in [5.74, 6) is -3.00. The first kappa shape index (κ1) is 34.8. The summed E-state index contributed by atoms with van der Waals surface area (Å²) in [7, 11) is 0. The molecule has 0 bridgehead atoms. The predicted octanol–water partition coefficient (Wildman–Crippen LogP) is 5.32. The summed E-state index contributed by atoms with van der Waals surface area (Å²) in [6.45, 7) is 1.58. The summed E-state index contributed by atoms with van der Waals surface area (Å²) < 4.78 is 69.2. The fraction of sp³-hybridized carbons (Fsp3) is 0.345. The molecule has 1 amide bonds. The first-order valence-corrected chi connectivity index (χ1v) is 13.4. The monoisotopic (exact) mass is 642 g/mol. The number of ether oxygens (including phenoxy) is 1. The number of alkyl halides is 6. The average molecular weight is 643 g/mol. The molecule has 3 aromatic rings. The van der Waals surface area contributed by atoms with Gasteiger partial charge in [0.15, 0.2) is 0 Å². The Labute approximate surface area is 252 Å². The van der Waals surface area contributed by atoms with Crippen LogP contribution in [-0.2, 0) is 16.1 Å². The van der Waals surface area contributed by atoms with Crippen molar-refractivity contribution in [3.8, 4) is 11.6 Å². The number of rotatable bonds is 9. The van der Waals surface area contributed by atoms with E-state index in [0.29, 0.717) is 35.7 Å². The van der Waals surface area contributed by atoms with Crippen molar-refractivity contribution in [3.05, 3.63) is 83.8 Å². The summed E-state index contributed by atoms with van der Waals surface area (Å²) in [5.41, 5.74) is 2.95. The maximum Gasteiger partial charge on any atom is 0.490 e. The summed E-state index contributed by atoms with van der Waals surface area (Å²) in [6, 6.07) is 16.2. The molecule has 5 rings (SSSR count). The number of carboxylic acids is 2. The third-order valence-corrected chi connectivity index (χ3v) is 6.36. The van der Waals surface area contributed by atoms with Crippen molar-refractivity contribution in [1.82, 2.24) is 20.6 Å². The number of carbonyl (C=O) groups excluding carboxylic acids is 1. The lowest BCUT2D eigenvalue weighted by atomic mass is 10.1. The lowest BCUT2D eigenvalue weighted by Crippen LogP contribution is -2.22. The highest BCUT2D eigenvalue weighted by Gasteiger charge is 2.39. The van der Waals surface area contributed by atoms with Gasteiger partial charge in [0, 0.05) is 36.5 Å². The molecular formula is C29H28F6N4O6. The van der Waals surface area contributed by atoms with Gasteiger partial charge in [-0.15, -0.1) is 0 Å². The molecule has 2 saturated carbocycles. The molecule has 0 radical (unpaired) electrons. The molecule has 0 unspecified atom stereocenters. The van der Waals surface area contributed by atoms with Crippen LogP contribution in [0.5, 0.6) is 11.6 Å². The van der Waals surface area contributed by atoms with Crippen molar-refractivity contribution in [2.24, 2.45) is 5.92 Å². The van der Waals surface area contributed by atoms with Crippen molar-refractivity contribution in [2.75, 3.05) is 6.54 Å². The zero-order chi connectivity index (χ0) is 33.2. The molecule has 2 aromatic carbocycles. The maximum absolute atomic E-state index is 12.6. The second-order valence-electron chi connectivity index (χ2n) is 10.0. The lowest BCUT2D eigenvalue weighted by molar-refractivity contribution is -0.193. The van der Waals surface area contributed by atoms with Crippen LogP contribution in [0, 0.1) is 5.92 Å². The third-order valence-electron chi connectivity index (χ3n) is 6.36. The van der Waals surface area contributed by atoms with Gasteiger partial charge in [-0.2, -0.15) is 26.3 Å². The molecule has 2 aliphatic carbocycles. The lowest BCUT2D eigenvalue weighted by Gasteiger charge is -2.09. The summed E-state index contributed by atoms with van der Waals surface area (Å²) >= 11 is 0. The second kappa shape index (κ2) is 15.3. The Morgan fingerprint density at radius 2 is 1.53 bits per heavy atom. The fourth-order valence-corrected chi connectivity index (χ4v) is 3.77. The Bertz CT molecular complexity index is 1410. The van der Waals surface area contributed by atoms with Gasteiger partial charge in [-0.05, 0) is 67.1 Å². The van der Waals surface area contributed by atoms with Crippen LogP contribution in [0.1, 0.15) is 46.7 Å². The van der Waals surface area contributed by atoms with Crippen LogP contribution in [0.2, 0.25) is 0 Å². The van der Waals surface area contributed by atoms with Gasteiger partial charge in [0.25, 0.3) is 5.91 Å². The van der Waals surface area contributed by atoms with E-state index in [-0.39, 0.29) is 5.91 Å². The van der Waals surface area contributed by atoms with Gasteiger partial charge in [-0.25, -0.2) is 14.6 Å². The van der Waals surface area contributed by atoms with Crippen molar-refractivity contribution in [2.45, 2.75) is 50.1 Å². The van der Waals surface area contributed by atoms with Gasteiger partial charge >= 0.3 is 24.3 Å². The molecule has 45 heavy (non-hydrogen) atoms. The highest BCUT2D eigenvalue weighted by molar-refractivity contribution is 5.94. The summed E-state index contributed by atoms with van der Waals surface area (Å²) in [6.07, 6.45) is -1.46. The molecule has 242 valence electrons. The highest BCUT2D eigenvalue weighted by Crippen LogP contribution is 2.41. The maximum atomic E-state index is 12.6. The number of nitrogens with one attached hydrogen (secondary N) is 2. The van der Waals surface area contributed by atoms with Crippen molar-refractivity contribution < 1.29 is 55.7 Å². The topological polar surface area (TPSA) is 151 Å². The number of carbonyl (C=O) groups is 3. The molecule has 0 spiro atoms. The number of hydrogen-bond acceptors (Lipinski definition) is 7. The van der Waals surface area contributed by atoms with Gasteiger partial charge < -0.3 is 25.6 Å². The molecular weight excluding hydrogens is 614 g/mol. The van der Waals surface area contributed by atoms with E-state index in [2.05, 4.69) is 32.7 Å². The highest BCUT2D eigenvalue weighted by atomic mass is 19.4. The molecule has 2 fully saturated rings. The molecule has 2 atom stereocenters. The van der Waals surface area contributed by atoms with Gasteiger partial charge in [-0.1, -0.05) is 24.3 Å². The molecule has 10 nitrogen and oxygen atoms in total. The van der Waals surface area contributed by atoms with Gasteiger partial charge in [0.05, 0.1) is 6.20 Å². The Kier molecular flexibility index (Phi) is 11.8. The molecule has 1 aromatic heterocycles. The summed E-state index contributed by atoms with van der Waals surface area (Å²) in [4.78, 5) is 38.5. The van der Waals surface area contributed by atoms with Gasteiger partial charge in [0.1, 0.15) is 5.75 Å². The minimum absolute atomic E-state index is 0.0778. The van der Waals surface area contributed by atoms with Crippen molar-refractivity contribution in [3.63, 3.8) is 0 Å². The van der Waals surface area contributed by atoms with Gasteiger partial charge in [-0.3, -0.25) is 9.78 Å². The molecule has 16 heteroatoms. The molecule has 1 heterocycles. The van der Waals surface area contributed by atoms with E-state index in [9.17, 15) is 31.1 Å². The Morgan fingerprint density at radius 1 is 0.911 bits per heavy atom. The Morgan fingerprint density at radius 3 is 2.07 bits per heavy atom. The first-order chi connectivity index (χ1) is 21.1. The van der Waals surface area contributed by atoms with E-state index in [1.165, 1.54) is 24.8 Å². The van der Waals surface area contributed by atoms with E-state index in [1.54, 1.807) is 18.6 Å². The number of aromatic nitrogens is 2. The Hall–Kier alpha value is -4.73. The van der Waals surface area contributed by atoms with Crippen LogP contribution in [0.15, 0.2) is 67.1 Å². The predicted molar refractivity (Wildman–Crippen MR) is 145 cm³/mol. The Balaban J connectivity index is 0.000000331. The van der Waals surface area contributed by atoms with Crippen LogP contribution < -0.4 is 15.4 Å². The van der Waals surface area contributed by atoms with E-state index < -0.39 is 24.3 Å². The number of aliphatic carboxylic acids is 2. The molecule has 2 aliphatic rings. The van der Waals surface area contributed by atoms with Crippen molar-refractivity contribution >= 4 is 17.8 Å². The van der Waals surface area contributed by atoms with Crippen LogP contribution in [0.3, 0.4) is 0 Å². The van der Waals surface area contributed by atoms with E-state index in [0.717, 1.165) is 18.0 Å². The van der Waals surface area contributed by atoms with Gasteiger partial charge in [0.2, 0.25) is 5.88 Å². The number of amides is 1. The largest absolute Gasteiger partial charge is 0.490 e. The number of halogens is 6. The van der Waals surface area contributed by atoms with Crippen LogP contribution in [0.25, 0.3) is 0 Å². The van der Waals surface area contributed by atoms with Crippen LogP contribution in [0.4, 0.5) is 26.3 Å². The van der Waals surface area contributed by atoms with E-state index >= 15 is 0 Å². The zero-order valence-corrected chi connectivity index (χ0v) is 23.3. The SMILES string of the molecule is O=C(NCc1cccc(Oc2cnccn2)c1)c1ccc([C@@H]2C[C@H]2NCC2CC2)cc1.O=C(O)C(F)(F)F.O=C(O)C(F)(F)F. The normalized spacial score (nSPS) is 17.0. The fourth-order valence-electron chi connectivity index (χ4n) is 3.77. The molecule has 0 saturated heterocycles. The number of benzene rings is 2. The van der Waals surface area contributed by atoms with Crippen LogP contribution in [-0.4, -0.2) is 63.0 Å². The molecule has 0 aliphatic heterocycles. The average Bonchev–Trinajstić information content (AvgIpc) is 3.91. The van der Waals surface area contributed by atoms with E-state index in [4.69, 9.17) is 24.5 Å². The third kappa shape index (κ3) is 12.4. The quantitative estimate of drug-likeness (QED) is 0.227. The van der Waals surface area contributed by atoms with E-state index in [1.807, 2.05) is 36.4 Å². The standard InChI is InChI=1S/C25H26N4O2.2C2HF3O2/c30-25(20-8-6-19(7-9-20)22-13-23(22)28-14-17-4-5-17)29-15-18-2-1-3-21(12-18)31-24-16-26-10-11-27-24;2*3-2(4,5)1(6)7/h1-3,6-12,16-17,22-23,28H,4-5,13-15H2,(H,29,30);2*(H,6,7)/t22-,23+;;/m0../s1. The minimum Gasteiger partial charge on any atom is -0.475 e.